The van der Waals surface area contributed by atoms with E-state index >= 15 is 0 Å². The number of hydrazine groups is 1. The van der Waals surface area contributed by atoms with Gasteiger partial charge in [0.15, 0.2) is 0 Å². The number of halogens is 1. The zero-order chi connectivity index (χ0) is 13.3. The molecule has 0 saturated heterocycles. The van der Waals surface area contributed by atoms with E-state index in [4.69, 9.17) is 5.84 Å². The van der Waals surface area contributed by atoms with Crippen LogP contribution < -0.4 is 11.3 Å². The summed E-state index contributed by atoms with van der Waals surface area (Å²) in [4.78, 5) is 0. The molecule has 0 bridgehead atoms. The first-order chi connectivity index (χ1) is 8.54. The van der Waals surface area contributed by atoms with E-state index in [1.54, 1.807) is 10.9 Å². The first kappa shape index (κ1) is 13.2. The zero-order valence-electron chi connectivity index (χ0n) is 10.6. The molecule has 0 radical (unpaired) electrons. The minimum atomic E-state index is -0.115. The summed E-state index contributed by atoms with van der Waals surface area (Å²) < 4.78 is 2.85. The molecule has 1 atom stereocenters. The number of hydrogen-bond acceptors (Lipinski definition) is 4. The van der Waals surface area contributed by atoms with E-state index < -0.39 is 0 Å². The molecule has 1 unspecified atom stereocenters. The van der Waals surface area contributed by atoms with Gasteiger partial charge < -0.3 is 0 Å². The van der Waals surface area contributed by atoms with Crippen molar-refractivity contribution < 1.29 is 0 Å². The summed E-state index contributed by atoms with van der Waals surface area (Å²) in [6, 6.07) is 4.10. The minimum Gasteiger partial charge on any atom is -0.271 e. The first-order valence-electron chi connectivity index (χ1n) is 5.62. The van der Waals surface area contributed by atoms with Crippen molar-refractivity contribution in [2.75, 3.05) is 0 Å². The Morgan fingerprint density at radius 3 is 2.39 bits per heavy atom. The molecule has 0 fully saturated rings. The molecule has 0 aliphatic rings. The van der Waals surface area contributed by atoms with Crippen LogP contribution in [0, 0.1) is 13.8 Å². The Hall–Kier alpha value is -1.24. The molecule has 0 aliphatic carbocycles. The van der Waals surface area contributed by atoms with Gasteiger partial charge in [0.1, 0.15) is 0 Å². The molecule has 18 heavy (non-hydrogen) atoms. The predicted molar refractivity (Wildman–Crippen MR) is 73.8 cm³/mol. The van der Waals surface area contributed by atoms with Crippen molar-refractivity contribution in [3.05, 3.63) is 45.2 Å². The van der Waals surface area contributed by atoms with Crippen LogP contribution in [0.15, 0.2) is 22.8 Å². The van der Waals surface area contributed by atoms with Crippen LogP contribution in [-0.4, -0.2) is 15.0 Å². The fourth-order valence-corrected chi connectivity index (χ4v) is 2.29. The van der Waals surface area contributed by atoms with E-state index in [9.17, 15) is 0 Å². The number of aromatic nitrogens is 3. The number of nitrogens with one attached hydrogen (secondary N) is 1. The lowest BCUT2D eigenvalue weighted by atomic mass is 10.00. The Morgan fingerprint density at radius 1 is 1.33 bits per heavy atom. The largest absolute Gasteiger partial charge is 0.271 e. The molecule has 6 heteroatoms. The highest BCUT2D eigenvalue weighted by molar-refractivity contribution is 9.10. The van der Waals surface area contributed by atoms with E-state index in [2.05, 4.69) is 57.6 Å². The Labute approximate surface area is 114 Å². The maximum Gasteiger partial charge on any atom is 0.0894 e. The molecule has 5 nitrogen and oxygen atoms in total. The van der Waals surface area contributed by atoms with Gasteiger partial charge >= 0.3 is 0 Å². The number of nitrogens with zero attached hydrogens (tertiary/aromatic N) is 3. The third kappa shape index (κ3) is 2.31. The van der Waals surface area contributed by atoms with Crippen molar-refractivity contribution in [2.45, 2.75) is 19.9 Å². The average Bonchev–Trinajstić information content (AvgIpc) is 2.74. The maximum absolute atomic E-state index is 5.67. The predicted octanol–water partition coefficient (Wildman–Crippen LogP) is 1.75. The van der Waals surface area contributed by atoms with Crippen LogP contribution in [0.25, 0.3) is 0 Å². The molecule has 1 heterocycles. The van der Waals surface area contributed by atoms with Crippen molar-refractivity contribution >= 4 is 15.9 Å². The summed E-state index contributed by atoms with van der Waals surface area (Å²) >= 11 is 3.57. The molecular weight excluding hydrogens is 294 g/mol. The fraction of sp³-hybridized carbons (Fsp3) is 0.333. The van der Waals surface area contributed by atoms with Crippen LogP contribution in [0.4, 0.5) is 0 Å². The standard InChI is InChI=1S/C12H16BrN5/c1-7-4-9(5-8(2)11(7)13)12(16-14)10-6-15-17-18(10)3/h4-6,12,16H,14H2,1-3H3. The first-order valence-corrected chi connectivity index (χ1v) is 6.41. The van der Waals surface area contributed by atoms with E-state index in [1.807, 2.05) is 7.05 Å². The molecule has 3 N–H and O–H groups in total. The number of aryl methyl sites for hydroxylation is 3. The molecule has 1 aromatic heterocycles. The van der Waals surface area contributed by atoms with Crippen LogP contribution in [0.3, 0.4) is 0 Å². The molecule has 2 rings (SSSR count). The summed E-state index contributed by atoms with van der Waals surface area (Å²) in [5, 5.41) is 7.82. The number of rotatable bonds is 3. The lowest BCUT2D eigenvalue weighted by molar-refractivity contribution is 0.570. The van der Waals surface area contributed by atoms with Crippen molar-refractivity contribution in [1.29, 1.82) is 0 Å². The third-order valence-corrected chi connectivity index (χ3v) is 4.25. The topological polar surface area (TPSA) is 68.8 Å². The van der Waals surface area contributed by atoms with Gasteiger partial charge in [0, 0.05) is 11.5 Å². The summed E-state index contributed by atoms with van der Waals surface area (Å²) in [6.45, 7) is 4.13. The number of benzene rings is 1. The van der Waals surface area contributed by atoms with E-state index in [-0.39, 0.29) is 6.04 Å². The van der Waals surface area contributed by atoms with Gasteiger partial charge in [0.05, 0.1) is 17.9 Å². The van der Waals surface area contributed by atoms with Gasteiger partial charge in [-0.3, -0.25) is 10.5 Å². The van der Waals surface area contributed by atoms with Gasteiger partial charge in [-0.15, -0.1) is 5.10 Å². The smallest absolute Gasteiger partial charge is 0.0894 e. The van der Waals surface area contributed by atoms with E-state index in [0.717, 1.165) is 15.7 Å². The highest BCUT2D eigenvalue weighted by atomic mass is 79.9. The number of hydrogen-bond donors (Lipinski definition) is 2. The molecule has 96 valence electrons. The van der Waals surface area contributed by atoms with Gasteiger partial charge in [-0.05, 0) is 30.5 Å². The second kappa shape index (κ2) is 5.17. The summed E-state index contributed by atoms with van der Waals surface area (Å²) in [5.74, 6) is 5.67. The van der Waals surface area contributed by atoms with Gasteiger partial charge in [-0.1, -0.05) is 33.3 Å². The molecule has 2 aromatic rings. The second-order valence-corrected chi connectivity index (χ2v) is 5.14. The summed E-state index contributed by atoms with van der Waals surface area (Å²) in [5.41, 5.74) is 7.21. The van der Waals surface area contributed by atoms with Crippen molar-refractivity contribution in [2.24, 2.45) is 12.9 Å². The lowest BCUT2D eigenvalue weighted by Crippen LogP contribution is -2.30. The third-order valence-electron chi connectivity index (χ3n) is 3.00. The SMILES string of the molecule is Cc1cc(C(NN)c2cnnn2C)cc(C)c1Br. The molecular formula is C12H16BrN5. The van der Waals surface area contributed by atoms with Crippen LogP contribution in [0.1, 0.15) is 28.4 Å². The normalized spacial score (nSPS) is 12.7. The Bertz CT molecular complexity index is 540. The van der Waals surface area contributed by atoms with E-state index in [1.165, 1.54) is 11.1 Å². The van der Waals surface area contributed by atoms with Gasteiger partial charge in [0.25, 0.3) is 0 Å². The van der Waals surface area contributed by atoms with Crippen LogP contribution in [-0.2, 0) is 7.05 Å². The van der Waals surface area contributed by atoms with Crippen molar-refractivity contribution in [3.63, 3.8) is 0 Å². The number of nitrogens with two attached hydrogens (primary N) is 1. The van der Waals surface area contributed by atoms with Gasteiger partial charge in [-0.2, -0.15) is 0 Å². The van der Waals surface area contributed by atoms with Crippen molar-refractivity contribution in [1.82, 2.24) is 20.4 Å². The lowest BCUT2D eigenvalue weighted by Gasteiger charge is -2.18. The van der Waals surface area contributed by atoms with E-state index in [0.29, 0.717) is 0 Å². The molecule has 0 amide bonds. The Morgan fingerprint density at radius 2 is 1.94 bits per heavy atom. The van der Waals surface area contributed by atoms with Crippen molar-refractivity contribution in [3.8, 4) is 0 Å². The zero-order valence-corrected chi connectivity index (χ0v) is 12.2. The summed E-state index contributed by atoms with van der Waals surface area (Å²) in [7, 11) is 1.85. The maximum atomic E-state index is 5.67. The quantitative estimate of drug-likeness (QED) is 0.669. The molecule has 1 aromatic carbocycles. The minimum absolute atomic E-state index is 0.115. The second-order valence-electron chi connectivity index (χ2n) is 4.35. The Kier molecular flexibility index (Phi) is 3.79. The molecule has 0 spiro atoms. The monoisotopic (exact) mass is 309 g/mol. The Balaban J connectivity index is 2.49. The highest BCUT2D eigenvalue weighted by Gasteiger charge is 2.18. The fourth-order valence-electron chi connectivity index (χ4n) is 2.06. The molecule has 0 saturated carbocycles. The summed E-state index contributed by atoms with van der Waals surface area (Å²) in [6.07, 6.45) is 1.72. The van der Waals surface area contributed by atoms with Crippen LogP contribution >= 0.6 is 15.9 Å². The van der Waals surface area contributed by atoms with Gasteiger partial charge in [0.2, 0.25) is 0 Å². The average molecular weight is 310 g/mol. The molecule has 0 aliphatic heterocycles. The van der Waals surface area contributed by atoms with Crippen LogP contribution in [0.2, 0.25) is 0 Å². The highest BCUT2D eigenvalue weighted by Crippen LogP contribution is 2.27. The van der Waals surface area contributed by atoms with Gasteiger partial charge in [-0.25, -0.2) is 5.43 Å². The van der Waals surface area contributed by atoms with Crippen LogP contribution in [0.5, 0.6) is 0 Å².